The number of guanidine groups is 1. The summed E-state index contributed by atoms with van der Waals surface area (Å²) in [6, 6.07) is 10.1. The number of nitrogens with zero attached hydrogens (tertiary/aromatic N) is 2. The van der Waals surface area contributed by atoms with Gasteiger partial charge in [0.05, 0.1) is 6.54 Å². The van der Waals surface area contributed by atoms with Gasteiger partial charge < -0.3 is 15.5 Å². The third-order valence-corrected chi connectivity index (χ3v) is 3.41. The Balaban J connectivity index is 0.00000484. The summed E-state index contributed by atoms with van der Waals surface area (Å²) < 4.78 is 0. The zero-order chi connectivity index (χ0) is 16.2. The summed E-state index contributed by atoms with van der Waals surface area (Å²) in [6.07, 6.45) is 3.10. The van der Waals surface area contributed by atoms with Gasteiger partial charge in [0.1, 0.15) is 0 Å². The minimum Gasteiger partial charge on any atom is -0.354 e. The van der Waals surface area contributed by atoms with Crippen LogP contribution in [0.5, 0.6) is 0 Å². The molecule has 0 spiro atoms. The summed E-state index contributed by atoms with van der Waals surface area (Å²) >= 11 is 0. The predicted octanol–water partition coefficient (Wildman–Crippen LogP) is 2.27. The molecule has 0 saturated carbocycles. The van der Waals surface area contributed by atoms with Crippen molar-refractivity contribution in [2.45, 2.75) is 26.2 Å². The molecule has 0 heterocycles. The number of halogens is 1. The van der Waals surface area contributed by atoms with Gasteiger partial charge in [0.2, 0.25) is 5.91 Å². The van der Waals surface area contributed by atoms with E-state index in [4.69, 9.17) is 0 Å². The van der Waals surface area contributed by atoms with Gasteiger partial charge in [-0.2, -0.15) is 0 Å². The first-order chi connectivity index (χ1) is 10.7. The fraction of sp³-hybridized carbons (Fsp3) is 0.529. The van der Waals surface area contributed by atoms with Gasteiger partial charge in [-0.3, -0.25) is 9.79 Å². The van der Waals surface area contributed by atoms with E-state index < -0.39 is 0 Å². The van der Waals surface area contributed by atoms with Gasteiger partial charge >= 0.3 is 0 Å². The number of unbranched alkanes of at least 4 members (excludes halogenated alkanes) is 1. The fourth-order valence-electron chi connectivity index (χ4n) is 2.10. The number of rotatable bonds is 8. The van der Waals surface area contributed by atoms with Crippen molar-refractivity contribution < 1.29 is 4.79 Å². The van der Waals surface area contributed by atoms with Crippen LogP contribution >= 0.6 is 24.0 Å². The third-order valence-electron chi connectivity index (χ3n) is 3.41. The van der Waals surface area contributed by atoms with E-state index in [1.54, 1.807) is 7.05 Å². The lowest BCUT2D eigenvalue weighted by Gasteiger charge is -2.21. The molecular weight excluding hydrogens is 403 g/mol. The average molecular weight is 432 g/mol. The van der Waals surface area contributed by atoms with E-state index in [9.17, 15) is 4.79 Å². The molecule has 0 atom stereocenters. The minimum atomic E-state index is -0.0130. The summed E-state index contributed by atoms with van der Waals surface area (Å²) in [5.74, 6) is 0.743. The molecular formula is C17H29IN4O. The maximum atomic E-state index is 11.8. The summed E-state index contributed by atoms with van der Waals surface area (Å²) in [6.45, 7) is 3.99. The fourth-order valence-corrected chi connectivity index (χ4v) is 2.10. The van der Waals surface area contributed by atoms with Gasteiger partial charge in [-0.25, -0.2) is 0 Å². The molecule has 130 valence electrons. The standard InChI is InChI=1S/C17H28N4O.HI/c1-4-5-13-21(3)17(18-2)20-14-16(22)19-12-11-15-9-7-6-8-10-15;/h6-10H,4-5,11-14H2,1-3H3,(H,18,20)(H,19,22);1H. The summed E-state index contributed by atoms with van der Waals surface area (Å²) in [4.78, 5) is 18.1. The van der Waals surface area contributed by atoms with Crippen LogP contribution in [0.25, 0.3) is 0 Å². The second-order valence-electron chi connectivity index (χ2n) is 5.26. The van der Waals surface area contributed by atoms with Crippen molar-refractivity contribution in [2.75, 3.05) is 33.7 Å². The number of amides is 1. The van der Waals surface area contributed by atoms with Crippen molar-refractivity contribution in [2.24, 2.45) is 4.99 Å². The molecule has 0 bridgehead atoms. The Morgan fingerprint density at radius 2 is 1.91 bits per heavy atom. The van der Waals surface area contributed by atoms with Crippen molar-refractivity contribution in [1.29, 1.82) is 0 Å². The molecule has 0 saturated heterocycles. The Bertz CT molecular complexity index is 465. The maximum Gasteiger partial charge on any atom is 0.239 e. The van der Waals surface area contributed by atoms with Crippen molar-refractivity contribution in [3.05, 3.63) is 35.9 Å². The maximum absolute atomic E-state index is 11.8. The zero-order valence-corrected chi connectivity index (χ0v) is 16.7. The van der Waals surface area contributed by atoms with Crippen molar-refractivity contribution in [3.63, 3.8) is 0 Å². The first-order valence-electron chi connectivity index (χ1n) is 7.89. The topological polar surface area (TPSA) is 56.7 Å². The van der Waals surface area contributed by atoms with E-state index in [2.05, 4.69) is 34.7 Å². The molecule has 0 unspecified atom stereocenters. The summed E-state index contributed by atoms with van der Waals surface area (Å²) in [7, 11) is 3.72. The number of nitrogens with one attached hydrogen (secondary N) is 2. The van der Waals surface area contributed by atoms with Crippen LogP contribution in [0.3, 0.4) is 0 Å². The van der Waals surface area contributed by atoms with E-state index in [-0.39, 0.29) is 36.4 Å². The first kappa shape index (κ1) is 21.7. The van der Waals surface area contributed by atoms with Gasteiger partial charge in [-0.05, 0) is 18.4 Å². The average Bonchev–Trinajstić information content (AvgIpc) is 2.54. The Kier molecular flexibility index (Phi) is 12.4. The molecule has 0 aromatic heterocycles. The van der Waals surface area contributed by atoms with Crippen molar-refractivity contribution in [1.82, 2.24) is 15.5 Å². The highest BCUT2D eigenvalue weighted by molar-refractivity contribution is 14.0. The molecule has 1 aromatic rings. The molecule has 2 N–H and O–H groups in total. The molecule has 1 amide bonds. The summed E-state index contributed by atoms with van der Waals surface area (Å²) in [5.41, 5.74) is 1.23. The molecule has 23 heavy (non-hydrogen) atoms. The predicted molar refractivity (Wildman–Crippen MR) is 107 cm³/mol. The SMILES string of the molecule is CCCCN(C)C(=NC)NCC(=O)NCCc1ccccc1.I. The highest BCUT2D eigenvalue weighted by atomic mass is 127. The monoisotopic (exact) mass is 432 g/mol. The van der Waals surface area contributed by atoms with E-state index in [1.165, 1.54) is 5.56 Å². The van der Waals surface area contributed by atoms with Crippen molar-refractivity contribution >= 4 is 35.8 Å². The highest BCUT2D eigenvalue weighted by Gasteiger charge is 2.07. The number of carbonyl (C=O) groups is 1. The second kappa shape index (κ2) is 13.2. The Morgan fingerprint density at radius 3 is 2.52 bits per heavy atom. The number of aliphatic imine (C=N–C) groups is 1. The molecule has 0 aliphatic rings. The number of benzene rings is 1. The third kappa shape index (κ3) is 9.43. The largest absolute Gasteiger partial charge is 0.354 e. The smallest absolute Gasteiger partial charge is 0.239 e. The van der Waals surface area contributed by atoms with E-state index in [0.717, 1.165) is 31.8 Å². The molecule has 1 aromatic carbocycles. The van der Waals surface area contributed by atoms with Crippen LogP contribution in [0.4, 0.5) is 0 Å². The Labute approximate surface area is 157 Å². The number of hydrogen-bond donors (Lipinski definition) is 2. The lowest BCUT2D eigenvalue weighted by atomic mass is 10.1. The molecule has 0 aliphatic heterocycles. The Morgan fingerprint density at radius 1 is 1.22 bits per heavy atom. The Hall–Kier alpha value is -1.31. The van der Waals surface area contributed by atoms with Crippen LogP contribution in [0, 0.1) is 0 Å². The quantitative estimate of drug-likeness (QED) is 0.377. The first-order valence-corrected chi connectivity index (χ1v) is 7.89. The van der Waals surface area contributed by atoms with Crippen LogP contribution in [0.1, 0.15) is 25.3 Å². The van der Waals surface area contributed by atoms with Gasteiger partial charge in [-0.1, -0.05) is 43.7 Å². The van der Waals surface area contributed by atoms with Crippen LogP contribution in [-0.4, -0.2) is 50.5 Å². The molecule has 0 aliphatic carbocycles. The van der Waals surface area contributed by atoms with Crippen LogP contribution < -0.4 is 10.6 Å². The zero-order valence-electron chi connectivity index (χ0n) is 14.3. The highest BCUT2D eigenvalue weighted by Crippen LogP contribution is 1.98. The van der Waals surface area contributed by atoms with Gasteiger partial charge in [0.25, 0.3) is 0 Å². The lowest BCUT2D eigenvalue weighted by molar-refractivity contribution is -0.120. The second-order valence-corrected chi connectivity index (χ2v) is 5.26. The normalized spacial score (nSPS) is 10.7. The lowest BCUT2D eigenvalue weighted by Crippen LogP contribution is -2.44. The number of carbonyl (C=O) groups excluding carboxylic acids is 1. The molecule has 0 radical (unpaired) electrons. The number of hydrogen-bond acceptors (Lipinski definition) is 2. The molecule has 0 fully saturated rings. The van der Waals surface area contributed by atoms with E-state index in [1.807, 2.05) is 30.1 Å². The minimum absolute atomic E-state index is 0. The molecule has 5 nitrogen and oxygen atoms in total. The van der Waals surface area contributed by atoms with Crippen LogP contribution in [-0.2, 0) is 11.2 Å². The van der Waals surface area contributed by atoms with Crippen LogP contribution in [0.15, 0.2) is 35.3 Å². The van der Waals surface area contributed by atoms with Gasteiger partial charge in [0.15, 0.2) is 5.96 Å². The molecule has 1 rings (SSSR count). The van der Waals surface area contributed by atoms with Crippen LogP contribution in [0.2, 0.25) is 0 Å². The van der Waals surface area contributed by atoms with Gasteiger partial charge in [-0.15, -0.1) is 24.0 Å². The van der Waals surface area contributed by atoms with E-state index in [0.29, 0.717) is 6.54 Å². The van der Waals surface area contributed by atoms with Crippen molar-refractivity contribution in [3.8, 4) is 0 Å². The van der Waals surface area contributed by atoms with Gasteiger partial charge in [0, 0.05) is 27.2 Å². The summed E-state index contributed by atoms with van der Waals surface area (Å²) in [5, 5.41) is 6.01. The molecule has 6 heteroatoms. The van der Waals surface area contributed by atoms with E-state index >= 15 is 0 Å².